The minimum absolute atomic E-state index is 0.263. The monoisotopic (exact) mass is 436 g/mol. The van der Waals surface area contributed by atoms with Crippen molar-refractivity contribution in [1.82, 2.24) is 20.1 Å². The largest absolute Gasteiger partial charge is 0.379 e. The molecule has 1 unspecified atom stereocenters. The van der Waals surface area contributed by atoms with Gasteiger partial charge in [-0.2, -0.15) is 5.10 Å². The van der Waals surface area contributed by atoms with E-state index in [4.69, 9.17) is 11.6 Å². The summed E-state index contributed by atoms with van der Waals surface area (Å²) in [5, 5.41) is 20.7. The van der Waals surface area contributed by atoms with Gasteiger partial charge in [-0.15, -0.1) is 0 Å². The van der Waals surface area contributed by atoms with Crippen molar-refractivity contribution in [1.29, 1.82) is 0 Å². The summed E-state index contributed by atoms with van der Waals surface area (Å²) in [7, 11) is 2.08. The van der Waals surface area contributed by atoms with Crippen molar-refractivity contribution in [3.63, 3.8) is 0 Å². The molecular weight excluding hydrogens is 408 g/mol. The van der Waals surface area contributed by atoms with Gasteiger partial charge in [0, 0.05) is 46.0 Å². The summed E-state index contributed by atoms with van der Waals surface area (Å²) < 4.78 is 0. The molecule has 1 aliphatic heterocycles. The van der Waals surface area contributed by atoms with Gasteiger partial charge in [0.15, 0.2) is 0 Å². The number of nitrogens with zero attached hydrogens (tertiary/aromatic N) is 3. The van der Waals surface area contributed by atoms with Crippen molar-refractivity contribution in [2.75, 3.05) is 7.05 Å². The lowest BCUT2D eigenvalue weighted by Crippen LogP contribution is -2.64. The summed E-state index contributed by atoms with van der Waals surface area (Å²) in [5.74, 6) is 0. The average Bonchev–Trinajstić information content (AvgIpc) is 3.18. The molecule has 3 heterocycles. The molecule has 6 heteroatoms. The molecule has 2 aromatic heterocycles. The summed E-state index contributed by atoms with van der Waals surface area (Å²) in [6.07, 6.45) is 3.98. The Hall–Kier alpha value is -2.47. The minimum atomic E-state index is -1.28. The van der Waals surface area contributed by atoms with Gasteiger partial charge in [-0.25, -0.2) is 0 Å². The molecule has 1 saturated heterocycles. The van der Waals surface area contributed by atoms with Crippen LogP contribution in [0.2, 0.25) is 5.02 Å². The lowest BCUT2D eigenvalue weighted by atomic mass is 9.66. The van der Waals surface area contributed by atoms with Crippen LogP contribution in [0.3, 0.4) is 0 Å². The molecule has 2 N–H and O–H groups in total. The summed E-state index contributed by atoms with van der Waals surface area (Å²) >= 11 is 6.11. The molecule has 31 heavy (non-hydrogen) atoms. The summed E-state index contributed by atoms with van der Waals surface area (Å²) in [4.78, 5) is 6.44. The van der Waals surface area contributed by atoms with Crippen LogP contribution in [0.1, 0.15) is 39.8 Å². The van der Waals surface area contributed by atoms with Crippen LogP contribution in [0.4, 0.5) is 0 Å². The zero-order valence-electron chi connectivity index (χ0n) is 18.7. The maximum absolute atomic E-state index is 12.2. The molecule has 162 valence electrons. The van der Waals surface area contributed by atoms with E-state index in [2.05, 4.69) is 61.4 Å². The highest BCUT2D eigenvalue weighted by atomic mass is 35.5. The molecule has 1 fully saturated rings. The molecule has 0 aliphatic carbocycles. The van der Waals surface area contributed by atoms with Crippen molar-refractivity contribution in [3.05, 3.63) is 71.7 Å². The summed E-state index contributed by atoms with van der Waals surface area (Å²) in [6.45, 7) is 12.9. The van der Waals surface area contributed by atoms with Crippen molar-refractivity contribution in [3.8, 4) is 22.4 Å². The average molecular weight is 437 g/mol. The lowest BCUT2D eigenvalue weighted by Gasteiger charge is -2.57. The second kappa shape index (κ2) is 7.30. The van der Waals surface area contributed by atoms with E-state index in [0.717, 1.165) is 28.0 Å². The smallest absolute Gasteiger partial charge is 0.131 e. The molecule has 0 saturated carbocycles. The zero-order valence-corrected chi connectivity index (χ0v) is 19.5. The van der Waals surface area contributed by atoms with Gasteiger partial charge >= 0.3 is 0 Å². The number of aliphatic hydroxyl groups is 1. The van der Waals surface area contributed by atoms with E-state index < -0.39 is 11.1 Å². The lowest BCUT2D eigenvalue weighted by molar-refractivity contribution is -0.0791. The summed E-state index contributed by atoms with van der Waals surface area (Å²) in [5.41, 5.74) is 2.89. The Bertz CT molecular complexity index is 1120. The fourth-order valence-corrected chi connectivity index (χ4v) is 4.94. The number of aromatic amines is 1. The molecule has 1 atom stereocenters. The predicted octanol–water partition coefficient (Wildman–Crippen LogP) is 5.43. The Kier molecular flexibility index (Phi) is 5.12. The van der Waals surface area contributed by atoms with Crippen LogP contribution in [0.15, 0.2) is 60.9 Å². The third-order valence-corrected chi connectivity index (χ3v) is 7.19. The van der Waals surface area contributed by atoms with Gasteiger partial charge < -0.3 is 5.11 Å². The van der Waals surface area contributed by atoms with Crippen molar-refractivity contribution < 1.29 is 5.11 Å². The van der Waals surface area contributed by atoms with E-state index in [9.17, 15) is 5.11 Å². The Morgan fingerprint density at radius 1 is 1.03 bits per heavy atom. The number of halogens is 1. The van der Waals surface area contributed by atoms with Gasteiger partial charge in [-0.3, -0.25) is 15.0 Å². The number of likely N-dealkylation sites (N-methyl/N-ethyl adjacent to an activating group) is 1. The first-order chi connectivity index (χ1) is 14.5. The molecule has 5 nitrogen and oxygen atoms in total. The number of pyridine rings is 1. The molecule has 4 rings (SSSR count). The SMILES string of the molecule is C=C1C(O)(c2[nH]nc(-c3ccc(Cl)cc3)c2-c2ccncc2)CC(C)(C)N(C)C1(C)C. The number of H-pyrrole nitrogens is 1. The van der Waals surface area contributed by atoms with Crippen LogP contribution in [-0.4, -0.2) is 43.3 Å². The number of aromatic nitrogens is 3. The molecule has 0 radical (unpaired) electrons. The molecule has 1 aliphatic rings. The van der Waals surface area contributed by atoms with Gasteiger partial charge in [0.25, 0.3) is 0 Å². The number of piperidine rings is 1. The van der Waals surface area contributed by atoms with Crippen LogP contribution >= 0.6 is 11.6 Å². The maximum Gasteiger partial charge on any atom is 0.131 e. The van der Waals surface area contributed by atoms with E-state index in [1.165, 1.54) is 0 Å². The van der Waals surface area contributed by atoms with E-state index in [-0.39, 0.29) is 5.54 Å². The Labute approximate surface area is 188 Å². The highest BCUT2D eigenvalue weighted by Gasteiger charge is 2.55. The topological polar surface area (TPSA) is 65.0 Å². The molecule has 1 aromatic carbocycles. The first-order valence-electron chi connectivity index (χ1n) is 10.4. The minimum Gasteiger partial charge on any atom is -0.379 e. The normalized spacial score (nSPS) is 23.1. The van der Waals surface area contributed by atoms with E-state index in [0.29, 0.717) is 17.1 Å². The Morgan fingerprint density at radius 3 is 2.26 bits per heavy atom. The van der Waals surface area contributed by atoms with E-state index in [1.54, 1.807) is 12.4 Å². The number of rotatable bonds is 3. The fourth-order valence-electron chi connectivity index (χ4n) is 4.81. The highest BCUT2D eigenvalue weighted by molar-refractivity contribution is 6.30. The number of hydrogen-bond donors (Lipinski definition) is 2. The number of hydrogen-bond acceptors (Lipinski definition) is 4. The molecule has 0 bridgehead atoms. The summed E-state index contributed by atoms with van der Waals surface area (Å²) in [6, 6.07) is 11.4. The zero-order chi connectivity index (χ0) is 22.6. The third kappa shape index (κ3) is 3.41. The van der Waals surface area contributed by atoms with Gasteiger partial charge in [-0.05, 0) is 70.1 Å². The molecule has 0 spiro atoms. The van der Waals surface area contributed by atoms with Gasteiger partial charge in [0.2, 0.25) is 0 Å². The first-order valence-corrected chi connectivity index (χ1v) is 10.8. The molecular formula is C25H29ClN4O. The van der Waals surface area contributed by atoms with E-state index in [1.807, 2.05) is 36.4 Å². The van der Waals surface area contributed by atoms with Gasteiger partial charge in [0.05, 0.1) is 5.69 Å². The number of nitrogens with one attached hydrogen (secondary N) is 1. The quantitative estimate of drug-likeness (QED) is 0.537. The van der Waals surface area contributed by atoms with Crippen LogP contribution < -0.4 is 0 Å². The standard InChI is InChI=1S/C25H29ClN4O/c1-16-24(4,5)30(6)23(2,3)15-25(16,31)22-20(17-11-13-27-14-12-17)21(28-29-22)18-7-9-19(26)10-8-18/h7-14,31H,1,15H2,2-6H3,(H,28,29). The van der Waals surface area contributed by atoms with Crippen LogP contribution in [0.25, 0.3) is 22.4 Å². The van der Waals surface area contributed by atoms with Gasteiger partial charge in [-0.1, -0.05) is 30.3 Å². The van der Waals surface area contributed by atoms with Gasteiger partial charge in [0.1, 0.15) is 11.3 Å². The Balaban J connectivity index is 1.97. The third-order valence-electron chi connectivity index (χ3n) is 6.94. The van der Waals surface area contributed by atoms with Crippen molar-refractivity contribution in [2.24, 2.45) is 0 Å². The first kappa shape index (κ1) is 21.8. The predicted molar refractivity (Wildman–Crippen MR) is 126 cm³/mol. The Morgan fingerprint density at radius 2 is 1.65 bits per heavy atom. The molecule has 0 amide bonds. The fraction of sp³-hybridized carbons (Fsp3) is 0.360. The second-order valence-electron chi connectivity index (χ2n) is 9.51. The maximum atomic E-state index is 12.2. The number of likely N-dealkylation sites (tertiary alicyclic amines) is 1. The van der Waals surface area contributed by atoms with E-state index >= 15 is 0 Å². The highest BCUT2D eigenvalue weighted by Crippen LogP contribution is 2.52. The van der Waals surface area contributed by atoms with Crippen LogP contribution in [-0.2, 0) is 5.60 Å². The molecule has 3 aromatic rings. The van der Waals surface area contributed by atoms with Crippen LogP contribution in [0, 0.1) is 0 Å². The second-order valence-corrected chi connectivity index (χ2v) is 9.95. The van der Waals surface area contributed by atoms with Crippen LogP contribution in [0.5, 0.6) is 0 Å². The van der Waals surface area contributed by atoms with Crippen molar-refractivity contribution >= 4 is 11.6 Å². The number of benzene rings is 1. The van der Waals surface area contributed by atoms with Crippen molar-refractivity contribution in [2.45, 2.75) is 50.8 Å².